The van der Waals surface area contributed by atoms with Crippen molar-refractivity contribution in [1.82, 2.24) is 4.90 Å². The van der Waals surface area contributed by atoms with Gasteiger partial charge in [-0.05, 0) is 25.9 Å². The Hall–Kier alpha value is -0.300. The first-order valence-electron chi connectivity index (χ1n) is 4.21. The molecule has 0 N–H and O–H groups in total. The van der Waals surface area contributed by atoms with Crippen molar-refractivity contribution in [3.8, 4) is 0 Å². The van der Waals surface area contributed by atoms with E-state index in [9.17, 15) is 0 Å². The van der Waals surface area contributed by atoms with Crippen LogP contribution < -0.4 is 0 Å². The summed E-state index contributed by atoms with van der Waals surface area (Å²) in [7, 11) is 4.17. The minimum absolute atomic E-state index is 0.433. The van der Waals surface area contributed by atoms with Gasteiger partial charge in [-0.3, -0.25) is 0 Å². The second-order valence-electron chi connectivity index (χ2n) is 4.50. The fourth-order valence-corrected chi connectivity index (χ4v) is 0.722. The zero-order valence-electron chi connectivity index (χ0n) is 8.52. The monoisotopic (exact) mass is 155 g/mol. The molecule has 0 saturated carbocycles. The number of nitrogens with zero attached hydrogens (tertiary/aromatic N) is 1. The number of rotatable bonds is 3. The predicted octanol–water partition coefficient (Wildman–Crippen LogP) is 2.54. The van der Waals surface area contributed by atoms with Gasteiger partial charge in [0.2, 0.25) is 0 Å². The van der Waals surface area contributed by atoms with Gasteiger partial charge in [0, 0.05) is 6.54 Å². The SMILES string of the molecule is CN(C)C/C=C\CC(C)(C)C. The average molecular weight is 155 g/mol. The number of allylic oxidation sites excluding steroid dienone is 1. The Kier molecular flexibility index (Phi) is 4.43. The van der Waals surface area contributed by atoms with E-state index in [0.29, 0.717) is 5.41 Å². The third kappa shape index (κ3) is 9.70. The first-order chi connectivity index (χ1) is 4.92. The Bertz CT molecular complexity index is 117. The summed E-state index contributed by atoms with van der Waals surface area (Å²) in [6.45, 7) is 7.82. The van der Waals surface area contributed by atoms with Gasteiger partial charge in [0.15, 0.2) is 0 Å². The minimum atomic E-state index is 0.433. The second-order valence-corrected chi connectivity index (χ2v) is 4.50. The maximum absolute atomic E-state index is 2.26. The zero-order valence-corrected chi connectivity index (χ0v) is 8.52. The van der Waals surface area contributed by atoms with E-state index >= 15 is 0 Å². The molecule has 0 spiro atoms. The Balaban J connectivity index is 3.46. The maximum atomic E-state index is 2.26. The molecule has 0 aromatic heterocycles. The molecule has 0 bridgehead atoms. The standard InChI is InChI=1S/C10H21N/c1-10(2,3)8-6-7-9-11(4)5/h6-7H,8-9H2,1-5H3/b7-6-. The molecule has 1 heteroatoms. The van der Waals surface area contributed by atoms with Crippen LogP contribution in [0, 0.1) is 5.41 Å². The smallest absolute Gasteiger partial charge is 0.0157 e. The molecule has 0 aliphatic heterocycles. The summed E-state index contributed by atoms with van der Waals surface area (Å²) >= 11 is 0. The van der Waals surface area contributed by atoms with Crippen LogP contribution in [0.15, 0.2) is 12.2 Å². The van der Waals surface area contributed by atoms with Gasteiger partial charge in [-0.1, -0.05) is 32.9 Å². The first kappa shape index (κ1) is 10.7. The van der Waals surface area contributed by atoms with Crippen molar-refractivity contribution < 1.29 is 0 Å². The molecule has 0 radical (unpaired) electrons. The van der Waals surface area contributed by atoms with Crippen LogP contribution in [0.5, 0.6) is 0 Å². The normalized spacial score (nSPS) is 13.3. The molecule has 0 aromatic rings. The molecule has 11 heavy (non-hydrogen) atoms. The van der Waals surface area contributed by atoms with Crippen LogP contribution in [0.2, 0.25) is 0 Å². The molecule has 0 rings (SSSR count). The lowest BCUT2D eigenvalue weighted by Gasteiger charge is -2.14. The van der Waals surface area contributed by atoms with E-state index in [1.165, 1.54) is 6.42 Å². The van der Waals surface area contributed by atoms with Crippen LogP contribution in [0.4, 0.5) is 0 Å². The lowest BCUT2D eigenvalue weighted by molar-refractivity contribution is 0.417. The van der Waals surface area contributed by atoms with Crippen molar-refractivity contribution >= 4 is 0 Å². The van der Waals surface area contributed by atoms with Crippen LogP contribution in [-0.2, 0) is 0 Å². The van der Waals surface area contributed by atoms with E-state index in [1.807, 2.05) is 0 Å². The number of hydrogen-bond donors (Lipinski definition) is 0. The van der Waals surface area contributed by atoms with E-state index in [2.05, 4.69) is 51.9 Å². The quantitative estimate of drug-likeness (QED) is 0.566. The van der Waals surface area contributed by atoms with Gasteiger partial charge >= 0.3 is 0 Å². The van der Waals surface area contributed by atoms with Crippen LogP contribution in [0.1, 0.15) is 27.2 Å². The van der Waals surface area contributed by atoms with Gasteiger partial charge in [0.05, 0.1) is 0 Å². The molecule has 0 heterocycles. The van der Waals surface area contributed by atoms with E-state index in [-0.39, 0.29) is 0 Å². The topological polar surface area (TPSA) is 3.24 Å². The molecular formula is C10H21N. The fraction of sp³-hybridized carbons (Fsp3) is 0.800. The van der Waals surface area contributed by atoms with E-state index in [4.69, 9.17) is 0 Å². The summed E-state index contributed by atoms with van der Waals surface area (Å²) < 4.78 is 0. The van der Waals surface area contributed by atoms with E-state index in [1.54, 1.807) is 0 Å². The van der Waals surface area contributed by atoms with Crippen molar-refractivity contribution in [3.63, 3.8) is 0 Å². The van der Waals surface area contributed by atoms with Gasteiger partial charge in [-0.15, -0.1) is 0 Å². The third-order valence-electron chi connectivity index (χ3n) is 1.37. The highest BCUT2D eigenvalue weighted by Gasteiger charge is 2.05. The first-order valence-corrected chi connectivity index (χ1v) is 4.21. The van der Waals surface area contributed by atoms with Crippen molar-refractivity contribution in [2.24, 2.45) is 5.41 Å². The average Bonchev–Trinajstić information content (AvgIpc) is 1.78. The molecule has 0 aliphatic rings. The molecule has 0 saturated heterocycles. The van der Waals surface area contributed by atoms with Crippen LogP contribution in [-0.4, -0.2) is 25.5 Å². The molecule has 0 unspecified atom stereocenters. The van der Waals surface area contributed by atoms with E-state index < -0.39 is 0 Å². The molecule has 0 fully saturated rings. The highest BCUT2D eigenvalue weighted by atomic mass is 15.0. The fourth-order valence-electron chi connectivity index (χ4n) is 0.722. The Morgan fingerprint density at radius 2 is 1.64 bits per heavy atom. The highest BCUT2D eigenvalue weighted by molar-refractivity contribution is 4.87. The predicted molar refractivity (Wildman–Crippen MR) is 51.8 cm³/mol. The Morgan fingerprint density at radius 3 is 2.00 bits per heavy atom. The summed E-state index contributed by atoms with van der Waals surface area (Å²) in [6.07, 6.45) is 5.66. The van der Waals surface area contributed by atoms with Crippen molar-refractivity contribution in [1.29, 1.82) is 0 Å². The third-order valence-corrected chi connectivity index (χ3v) is 1.37. The maximum Gasteiger partial charge on any atom is 0.0157 e. The lowest BCUT2D eigenvalue weighted by atomic mass is 9.92. The Morgan fingerprint density at radius 1 is 1.09 bits per heavy atom. The molecule has 0 aliphatic carbocycles. The van der Waals surface area contributed by atoms with Gasteiger partial charge in [-0.25, -0.2) is 0 Å². The largest absolute Gasteiger partial charge is 0.306 e. The Labute approximate surface area is 71.1 Å². The summed E-state index contributed by atoms with van der Waals surface area (Å²) in [4.78, 5) is 2.17. The van der Waals surface area contributed by atoms with Crippen molar-refractivity contribution in [2.45, 2.75) is 27.2 Å². The van der Waals surface area contributed by atoms with Crippen molar-refractivity contribution in [2.75, 3.05) is 20.6 Å². The summed E-state index contributed by atoms with van der Waals surface area (Å²) in [5, 5.41) is 0. The van der Waals surface area contributed by atoms with Gasteiger partial charge in [-0.2, -0.15) is 0 Å². The molecular weight excluding hydrogens is 134 g/mol. The second kappa shape index (κ2) is 4.55. The zero-order chi connectivity index (χ0) is 8.91. The van der Waals surface area contributed by atoms with Crippen LogP contribution in [0.25, 0.3) is 0 Å². The van der Waals surface area contributed by atoms with Crippen LogP contribution >= 0.6 is 0 Å². The van der Waals surface area contributed by atoms with Gasteiger partial charge < -0.3 is 4.90 Å². The minimum Gasteiger partial charge on any atom is -0.306 e. The number of likely N-dealkylation sites (N-methyl/N-ethyl adjacent to an activating group) is 1. The van der Waals surface area contributed by atoms with E-state index in [0.717, 1.165) is 6.54 Å². The summed E-state index contributed by atoms with van der Waals surface area (Å²) in [5.41, 5.74) is 0.433. The molecule has 0 atom stereocenters. The number of hydrogen-bond acceptors (Lipinski definition) is 1. The summed E-state index contributed by atoms with van der Waals surface area (Å²) in [5.74, 6) is 0. The lowest BCUT2D eigenvalue weighted by Crippen LogP contribution is -2.10. The molecule has 1 nitrogen and oxygen atoms in total. The van der Waals surface area contributed by atoms with Gasteiger partial charge in [0.1, 0.15) is 0 Å². The van der Waals surface area contributed by atoms with Crippen LogP contribution in [0.3, 0.4) is 0 Å². The molecule has 66 valence electrons. The summed E-state index contributed by atoms with van der Waals surface area (Å²) in [6, 6.07) is 0. The van der Waals surface area contributed by atoms with Gasteiger partial charge in [0.25, 0.3) is 0 Å². The molecule has 0 aromatic carbocycles. The van der Waals surface area contributed by atoms with Crippen molar-refractivity contribution in [3.05, 3.63) is 12.2 Å². The molecule has 0 amide bonds. The highest BCUT2D eigenvalue weighted by Crippen LogP contribution is 2.18.